The Hall–Kier alpha value is -3.72. The first-order valence-corrected chi connectivity index (χ1v) is 11.8. The first-order valence-electron chi connectivity index (χ1n) is 11.8. The number of phenols is 2. The van der Waals surface area contributed by atoms with Crippen LogP contribution in [0, 0.1) is 0 Å². The number of phenolic OH excluding ortho intramolecular Hbond substituents is 2. The van der Waals surface area contributed by atoms with Gasteiger partial charge in [0.2, 0.25) is 0 Å². The Morgan fingerprint density at radius 2 is 1.05 bits per heavy atom. The zero-order valence-electron chi connectivity index (χ0n) is 22.0. The van der Waals surface area contributed by atoms with Crippen LogP contribution in [0.1, 0.15) is 86.2 Å². The maximum atomic E-state index is 12.2. The largest absolute Gasteiger partial charge is 0.507 e. The van der Waals surface area contributed by atoms with E-state index in [1.807, 2.05) is 41.5 Å². The van der Waals surface area contributed by atoms with Crippen molar-refractivity contribution in [1.82, 2.24) is 0 Å². The highest BCUT2D eigenvalue weighted by molar-refractivity contribution is 5.83. The molecule has 2 N–H and O–H groups in total. The molecule has 0 atom stereocenters. The smallest absolute Gasteiger partial charge is 0.313 e. The minimum Gasteiger partial charge on any atom is -0.507 e. The Kier molecular flexibility index (Phi) is 9.58. The molecule has 37 heavy (non-hydrogen) atoms. The molecule has 0 saturated heterocycles. The van der Waals surface area contributed by atoms with Crippen LogP contribution in [-0.4, -0.2) is 47.9 Å². The molecule has 0 amide bonds. The van der Waals surface area contributed by atoms with Crippen LogP contribution < -0.4 is 9.47 Å². The van der Waals surface area contributed by atoms with Gasteiger partial charge in [0.25, 0.3) is 0 Å². The fourth-order valence-corrected chi connectivity index (χ4v) is 3.48. The number of rotatable bonds is 10. The van der Waals surface area contributed by atoms with E-state index in [4.69, 9.17) is 14.2 Å². The number of aldehydes is 2. The third-order valence-corrected chi connectivity index (χ3v) is 5.46. The summed E-state index contributed by atoms with van der Waals surface area (Å²) in [6.07, 6.45) is 0.775. The van der Waals surface area contributed by atoms with E-state index in [0.29, 0.717) is 23.7 Å². The van der Waals surface area contributed by atoms with Crippen molar-refractivity contribution in [3.63, 3.8) is 0 Å². The molecule has 0 aliphatic carbocycles. The molecule has 0 aliphatic rings. The molecule has 2 aromatic rings. The highest BCUT2D eigenvalue weighted by Crippen LogP contribution is 2.37. The van der Waals surface area contributed by atoms with E-state index in [1.165, 1.54) is 24.3 Å². The van der Waals surface area contributed by atoms with E-state index in [-0.39, 0.29) is 60.2 Å². The third-order valence-electron chi connectivity index (χ3n) is 5.46. The van der Waals surface area contributed by atoms with E-state index >= 15 is 0 Å². The number of aromatic hydroxyl groups is 2. The molecule has 2 aromatic carbocycles. The van der Waals surface area contributed by atoms with Crippen LogP contribution in [0.4, 0.5) is 0 Å². The highest BCUT2D eigenvalue weighted by Gasteiger charge is 2.24. The molecular formula is C28H34O9. The molecular weight excluding hydrogens is 480 g/mol. The lowest BCUT2D eigenvalue weighted by Crippen LogP contribution is -2.16. The fraction of sp³-hybridized carbons (Fsp3) is 0.429. The molecule has 0 unspecified atom stereocenters. The van der Waals surface area contributed by atoms with E-state index < -0.39 is 22.8 Å². The van der Waals surface area contributed by atoms with Gasteiger partial charge < -0.3 is 24.4 Å². The van der Waals surface area contributed by atoms with Gasteiger partial charge in [0, 0.05) is 11.1 Å². The van der Waals surface area contributed by atoms with Gasteiger partial charge in [-0.15, -0.1) is 0 Å². The van der Waals surface area contributed by atoms with Crippen LogP contribution in [0.3, 0.4) is 0 Å². The van der Waals surface area contributed by atoms with Gasteiger partial charge in [-0.3, -0.25) is 19.2 Å². The normalized spacial score (nSPS) is 11.6. The molecule has 0 spiro atoms. The van der Waals surface area contributed by atoms with Crippen molar-refractivity contribution in [1.29, 1.82) is 0 Å². The molecule has 0 aliphatic heterocycles. The van der Waals surface area contributed by atoms with Crippen molar-refractivity contribution in [2.75, 3.05) is 13.2 Å². The molecule has 0 bridgehead atoms. The van der Waals surface area contributed by atoms with E-state index in [9.17, 15) is 29.4 Å². The zero-order chi connectivity index (χ0) is 28.0. The molecule has 0 aromatic heterocycles. The Morgan fingerprint density at radius 1 is 0.703 bits per heavy atom. The number of hydrogen-bond donors (Lipinski definition) is 2. The van der Waals surface area contributed by atoms with Gasteiger partial charge in [-0.25, -0.2) is 0 Å². The summed E-state index contributed by atoms with van der Waals surface area (Å²) in [4.78, 5) is 47.0. The lowest BCUT2D eigenvalue weighted by Gasteiger charge is -2.22. The van der Waals surface area contributed by atoms with Crippen LogP contribution in [0.25, 0.3) is 0 Å². The summed E-state index contributed by atoms with van der Waals surface area (Å²) >= 11 is 0. The average Bonchev–Trinajstić information content (AvgIpc) is 2.79. The number of carbonyl (C=O) groups excluding carboxylic acids is 4. The summed E-state index contributed by atoms with van der Waals surface area (Å²) in [7, 11) is 0. The SMILES string of the molecule is CC(C)(C)c1cc(OC(=O)CCOCCC(=O)Oc2cc(C=O)c(O)c(C(C)(C)C)c2)cc(C=O)c1O. The minimum atomic E-state index is -0.606. The van der Waals surface area contributed by atoms with Crippen LogP contribution >= 0.6 is 0 Å². The van der Waals surface area contributed by atoms with E-state index in [2.05, 4.69) is 0 Å². The van der Waals surface area contributed by atoms with Crippen LogP contribution in [0.5, 0.6) is 23.0 Å². The van der Waals surface area contributed by atoms with Crippen molar-refractivity contribution in [3.05, 3.63) is 46.5 Å². The Labute approximate surface area is 216 Å². The average molecular weight is 515 g/mol. The Bertz CT molecular complexity index is 1080. The number of carbonyl (C=O) groups is 4. The third kappa shape index (κ3) is 8.15. The molecule has 2 rings (SSSR count). The molecule has 0 fully saturated rings. The summed E-state index contributed by atoms with van der Waals surface area (Å²) in [5.74, 6) is -1.24. The maximum absolute atomic E-state index is 12.2. The molecule has 0 heterocycles. The van der Waals surface area contributed by atoms with Gasteiger partial charge >= 0.3 is 11.9 Å². The number of esters is 2. The highest BCUT2D eigenvalue weighted by atomic mass is 16.5. The number of ether oxygens (including phenoxy) is 3. The second-order valence-electron chi connectivity index (χ2n) is 10.6. The quantitative estimate of drug-likeness (QED) is 0.201. The molecule has 9 nitrogen and oxygen atoms in total. The van der Waals surface area contributed by atoms with Gasteiger partial charge in [-0.05, 0) is 35.1 Å². The first-order chi connectivity index (χ1) is 17.2. The predicted molar refractivity (Wildman–Crippen MR) is 136 cm³/mol. The number of benzene rings is 2. The second kappa shape index (κ2) is 12.0. The van der Waals surface area contributed by atoms with E-state index in [1.54, 1.807) is 0 Å². The van der Waals surface area contributed by atoms with Gasteiger partial charge in [-0.1, -0.05) is 41.5 Å². The summed E-state index contributed by atoms with van der Waals surface area (Å²) in [5, 5.41) is 20.5. The van der Waals surface area contributed by atoms with Crippen LogP contribution in [0.15, 0.2) is 24.3 Å². The second-order valence-corrected chi connectivity index (χ2v) is 10.6. The summed E-state index contributed by atoms with van der Waals surface area (Å²) in [6, 6.07) is 5.61. The summed E-state index contributed by atoms with van der Waals surface area (Å²) in [6.45, 7) is 11.1. The van der Waals surface area contributed by atoms with Gasteiger partial charge in [0.1, 0.15) is 23.0 Å². The molecule has 200 valence electrons. The van der Waals surface area contributed by atoms with Gasteiger partial charge in [0.05, 0.1) is 37.2 Å². The van der Waals surface area contributed by atoms with Crippen molar-refractivity contribution < 1.29 is 43.6 Å². The van der Waals surface area contributed by atoms with E-state index in [0.717, 1.165) is 0 Å². The molecule has 0 radical (unpaired) electrons. The molecule has 9 heteroatoms. The van der Waals surface area contributed by atoms with Gasteiger partial charge in [0.15, 0.2) is 12.6 Å². The Balaban J connectivity index is 1.87. The van der Waals surface area contributed by atoms with Crippen molar-refractivity contribution >= 4 is 24.5 Å². The van der Waals surface area contributed by atoms with Crippen molar-refractivity contribution in [2.45, 2.75) is 65.2 Å². The zero-order valence-corrected chi connectivity index (χ0v) is 22.0. The van der Waals surface area contributed by atoms with Crippen LogP contribution in [0.2, 0.25) is 0 Å². The first kappa shape index (κ1) is 29.5. The van der Waals surface area contributed by atoms with Crippen LogP contribution in [-0.2, 0) is 25.2 Å². The predicted octanol–water partition coefficient (Wildman–Crippen LogP) is 4.63. The number of hydrogen-bond acceptors (Lipinski definition) is 9. The molecule has 0 saturated carbocycles. The Morgan fingerprint density at radius 3 is 1.35 bits per heavy atom. The summed E-state index contributed by atoms with van der Waals surface area (Å²) in [5.41, 5.74) is 0.0227. The lowest BCUT2D eigenvalue weighted by atomic mass is 9.85. The topological polar surface area (TPSA) is 136 Å². The monoisotopic (exact) mass is 514 g/mol. The lowest BCUT2D eigenvalue weighted by molar-refractivity contribution is -0.136. The summed E-state index contributed by atoms with van der Waals surface area (Å²) < 4.78 is 15.9. The minimum absolute atomic E-state index is 0.0144. The van der Waals surface area contributed by atoms with Gasteiger partial charge in [-0.2, -0.15) is 0 Å². The fourth-order valence-electron chi connectivity index (χ4n) is 3.48. The van der Waals surface area contributed by atoms with Crippen molar-refractivity contribution in [3.8, 4) is 23.0 Å². The van der Waals surface area contributed by atoms with Crippen molar-refractivity contribution in [2.24, 2.45) is 0 Å². The maximum Gasteiger partial charge on any atom is 0.313 e. The standard InChI is InChI=1S/C28H34O9/c1-27(2,3)21-13-19(11-17(15-29)25(21)33)36-23(31)7-9-35-10-8-24(32)37-20-12-18(16-30)26(34)22(14-20)28(4,5)6/h11-16,33-34H,7-10H2,1-6H3.